The Labute approximate surface area is 143 Å². The molecule has 2 aromatic carbocycles. The second-order valence-electron chi connectivity index (χ2n) is 5.78. The van der Waals surface area contributed by atoms with E-state index in [9.17, 15) is 4.79 Å². The normalized spacial score (nSPS) is 10.3. The smallest absolute Gasteiger partial charge is 0.220 e. The van der Waals surface area contributed by atoms with Gasteiger partial charge < -0.3 is 14.8 Å². The van der Waals surface area contributed by atoms with E-state index in [2.05, 4.69) is 30.4 Å². The molecule has 4 nitrogen and oxygen atoms in total. The van der Waals surface area contributed by atoms with Gasteiger partial charge in [0.2, 0.25) is 5.91 Å². The minimum absolute atomic E-state index is 0.0671. The Morgan fingerprint density at radius 2 is 1.71 bits per heavy atom. The highest BCUT2D eigenvalue weighted by Crippen LogP contribution is 2.27. The van der Waals surface area contributed by atoms with Crippen LogP contribution in [0.3, 0.4) is 0 Å². The molecular formula is C20H25NO3. The van der Waals surface area contributed by atoms with Crippen LogP contribution in [-0.4, -0.2) is 26.7 Å². The molecule has 0 aliphatic rings. The highest BCUT2D eigenvalue weighted by atomic mass is 16.5. The average molecular weight is 327 g/mol. The van der Waals surface area contributed by atoms with Gasteiger partial charge in [0.1, 0.15) is 0 Å². The summed E-state index contributed by atoms with van der Waals surface area (Å²) in [7, 11) is 3.22. The van der Waals surface area contributed by atoms with Crippen LogP contribution in [0, 0.1) is 6.92 Å². The number of carbonyl (C=O) groups excluding carboxylic acids is 1. The van der Waals surface area contributed by atoms with E-state index in [0.717, 1.165) is 12.0 Å². The molecule has 0 atom stereocenters. The van der Waals surface area contributed by atoms with Gasteiger partial charge >= 0.3 is 0 Å². The summed E-state index contributed by atoms with van der Waals surface area (Å²) in [5.41, 5.74) is 3.55. The molecule has 0 saturated heterocycles. The third-order valence-electron chi connectivity index (χ3n) is 3.91. The number of ether oxygens (including phenoxy) is 2. The topological polar surface area (TPSA) is 47.6 Å². The van der Waals surface area contributed by atoms with Crippen LogP contribution >= 0.6 is 0 Å². The minimum Gasteiger partial charge on any atom is -0.493 e. The van der Waals surface area contributed by atoms with Crippen LogP contribution < -0.4 is 14.8 Å². The van der Waals surface area contributed by atoms with Crippen molar-refractivity contribution in [1.82, 2.24) is 5.32 Å². The zero-order valence-electron chi connectivity index (χ0n) is 14.6. The van der Waals surface area contributed by atoms with Gasteiger partial charge in [-0.2, -0.15) is 0 Å². The number of amides is 1. The fourth-order valence-corrected chi connectivity index (χ4v) is 2.60. The van der Waals surface area contributed by atoms with Gasteiger partial charge in [-0.15, -0.1) is 0 Å². The largest absolute Gasteiger partial charge is 0.493 e. The summed E-state index contributed by atoms with van der Waals surface area (Å²) in [6.07, 6.45) is 1.99. The summed E-state index contributed by atoms with van der Waals surface area (Å²) in [5, 5.41) is 2.98. The molecule has 128 valence electrons. The minimum atomic E-state index is 0.0671. The number of benzene rings is 2. The third kappa shape index (κ3) is 5.30. The first-order chi connectivity index (χ1) is 11.6. The van der Waals surface area contributed by atoms with Crippen molar-refractivity contribution in [3.8, 4) is 11.5 Å². The van der Waals surface area contributed by atoms with Crippen LogP contribution in [0.1, 0.15) is 23.1 Å². The van der Waals surface area contributed by atoms with Gasteiger partial charge in [-0.05, 0) is 43.0 Å². The van der Waals surface area contributed by atoms with Gasteiger partial charge in [-0.3, -0.25) is 4.79 Å². The van der Waals surface area contributed by atoms with Gasteiger partial charge in [0.15, 0.2) is 11.5 Å². The van der Waals surface area contributed by atoms with Crippen molar-refractivity contribution in [2.45, 2.75) is 26.2 Å². The Hall–Kier alpha value is -2.49. The van der Waals surface area contributed by atoms with Crippen molar-refractivity contribution in [3.63, 3.8) is 0 Å². The van der Waals surface area contributed by atoms with Gasteiger partial charge in [-0.25, -0.2) is 0 Å². The molecule has 4 heteroatoms. The number of aryl methyl sites for hydroxylation is 2. The molecule has 0 aliphatic heterocycles. The maximum Gasteiger partial charge on any atom is 0.220 e. The summed E-state index contributed by atoms with van der Waals surface area (Å²) >= 11 is 0. The van der Waals surface area contributed by atoms with Crippen LogP contribution in [0.4, 0.5) is 0 Å². The summed E-state index contributed by atoms with van der Waals surface area (Å²) in [6, 6.07) is 14.1. The Morgan fingerprint density at radius 1 is 0.958 bits per heavy atom. The molecule has 0 saturated carbocycles. The molecule has 0 bridgehead atoms. The molecule has 0 radical (unpaired) electrons. The first-order valence-corrected chi connectivity index (χ1v) is 8.15. The van der Waals surface area contributed by atoms with Crippen LogP contribution in [-0.2, 0) is 17.6 Å². The van der Waals surface area contributed by atoms with Crippen molar-refractivity contribution in [2.75, 3.05) is 20.8 Å². The maximum absolute atomic E-state index is 12.0. The van der Waals surface area contributed by atoms with Crippen LogP contribution in [0.25, 0.3) is 0 Å². The van der Waals surface area contributed by atoms with Gasteiger partial charge in [0, 0.05) is 13.0 Å². The molecule has 0 aromatic heterocycles. The molecule has 0 unspecified atom stereocenters. The molecule has 0 heterocycles. The molecule has 0 aliphatic carbocycles. The molecule has 24 heavy (non-hydrogen) atoms. The lowest BCUT2D eigenvalue weighted by Crippen LogP contribution is -2.25. The zero-order chi connectivity index (χ0) is 17.4. The molecule has 0 spiro atoms. The Balaban J connectivity index is 1.77. The van der Waals surface area contributed by atoms with Crippen LogP contribution in [0.15, 0.2) is 42.5 Å². The monoisotopic (exact) mass is 327 g/mol. The fraction of sp³-hybridized carbons (Fsp3) is 0.350. The van der Waals surface area contributed by atoms with E-state index >= 15 is 0 Å². The second kappa shape index (κ2) is 8.96. The quantitative estimate of drug-likeness (QED) is 0.809. The average Bonchev–Trinajstić information content (AvgIpc) is 2.59. The molecule has 0 fully saturated rings. The van der Waals surface area contributed by atoms with Crippen molar-refractivity contribution in [3.05, 3.63) is 59.2 Å². The highest BCUT2D eigenvalue weighted by molar-refractivity contribution is 5.76. The molecule has 2 aromatic rings. The van der Waals surface area contributed by atoms with Crippen molar-refractivity contribution >= 4 is 5.91 Å². The van der Waals surface area contributed by atoms with E-state index in [-0.39, 0.29) is 5.91 Å². The number of hydrogen-bond donors (Lipinski definition) is 1. The van der Waals surface area contributed by atoms with E-state index in [1.807, 2.05) is 24.3 Å². The van der Waals surface area contributed by atoms with Crippen LogP contribution in [0.2, 0.25) is 0 Å². The van der Waals surface area contributed by atoms with Gasteiger partial charge in [0.05, 0.1) is 14.2 Å². The lowest BCUT2D eigenvalue weighted by molar-refractivity contribution is -0.121. The molecule has 2 rings (SSSR count). The summed E-state index contributed by atoms with van der Waals surface area (Å²) in [5.74, 6) is 1.45. The van der Waals surface area contributed by atoms with E-state index < -0.39 is 0 Å². The molecule has 1 N–H and O–H groups in total. The summed E-state index contributed by atoms with van der Waals surface area (Å²) in [4.78, 5) is 12.0. The van der Waals surface area contributed by atoms with E-state index in [4.69, 9.17) is 9.47 Å². The Kier molecular flexibility index (Phi) is 6.67. The SMILES string of the molecule is COc1ccc(CCC(=O)NCCc2cccc(C)c2)cc1OC. The standard InChI is InChI=1S/C20H25NO3/c1-15-5-4-6-16(13-15)11-12-21-20(22)10-8-17-7-9-18(23-2)19(14-17)24-3/h4-7,9,13-14H,8,10-12H2,1-3H3,(H,21,22). The molecule has 1 amide bonds. The predicted molar refractivity (Wildman–Crippen MR) is 95.8 cm³/mol. The Bertz CT molecular complexity index is 682. The highest BCUT2D eigenvalue weighted by Gasteiger charge is 2.07. The number of methoxy groups -OCH3 is 2. The van der Waals surface area contributed by atoms with E-state index in [1.165, 1.54) is 11.1 Å². The number of rotatable bonds is 8. The molecular weight excluding hydrogens is 302 g/mol. The summed E-state index contributed by atoms with van der Waals surface area (Å²) < 4.78 is 10.5. The zero-order valence-corrected chi connectivity index (χ0v) is 14.6. The van der Waals surface area contributed by atoms with Gasteiger partial charge in [-0.1, -0.05) is 35.9 Å². The Morgan fingerprint density at radius 3 is 2.42 bits per heavy atom. The predicted octanol–water partition coefficient (Wildman–Crippen LogP) is 3.30. The number of nitrogens with one attached hydrogen (secondary N) is 1. The first kappa shape index (κ1) is 17.9. The second-order valence-corrected chi connectivity index (χ2v) is 5.78. The first-order valence-electron chi connectivity index (χ1n) is 8.15. The van der Waals surface area contributed by atoms with E-state index in [1.54, 1.807) is 14.2 Å². The summed E-state index contributed by atoms with van der Waals surface area (Å²) in [6.45, 7) is 2.74. The van der Waals surface area contributed by atoms with Crippen LogP contribution in [0.5, 0.6) is 11.5 Å². The third-order valence-corrected chi connectivity index (χ3v) is 3.91. The lowest BCUT2D eigenvalue weighted by atomic mass is 10.1. The van der Waals surface area contributed by atoms with Crippen molar-refractivity contribution in [1.29, 1.82) is 0 Å². The van der Waals surface area contributed by atoms with Crippen molar-refractivity contribution in [2.24, 2.45) is 0 Å². The fourth-order valence-electron chi connectivity index (χ4n) is 2.60. The van der Waals surface area contributed by atoms with E-state index in [0.29, 0.717) is 30.9 Å². The maximum atomic E-state index is 12.0. The van der Waals surface area contributed by atoms with Gasteiger partial charge in [0.25, 0.3) is 0 Å². The number of hydrogen-bond acceptors (Lipinski definition) is 3. The lowest BCUT2D eigenvalue weighted by Gasteiger charge is -2.10. The van der Waals surface area contributed by atoms with Crippen molar-refractivity contribution < 1.29 is 14.3 Å². The number of carbonyl (C=O) groups is 1.